The molecule has 0 fully saturated rings. The summed E-state index contributed by atoms with van der Waals surface area (Å²) in [6.07, 6.45) is 4.56. The molecule has 0 saturated carbocycles. The molecule has 0 aliphatic rings. The number of carbonyl (C=O) groups is 1. The summed E-state index contributed by atoms with van der Waals surface area (Å²) < 4.78 is 1.96. The summed E-state index contributed by atoms with van der Waals surface area (Å²) in [5.41, 5.74) is 1.75. The first-order chi connectivity index (χ1) is 6.78. The Balaban J connectivity index is 2.14. The van der Waals surface area contributed by atoms with Gasteiger partial charge in [0.05, 0.1) is 17.2 Å². The highest BCUT2D eigenvalue weighted by Gasteiger charge is 2.00. The maximum atomic E-state index is 10.4. The van der Waals surface area contributed by atoms with E-state index in [1.807, 2.05) is 29.3 Å². The smallest absolute Gasteiger partial charge is 0.151 e. The molecule has 0 saturated heterocycles. The molecule has 72 valence electrons. The van der Waals surface area contributed by atoms with Crippen molar-refractivity contribution in [2.45, 2.75) is 13.5 Å². The molecule has 14 heavy (non-hydrogen) atoms. The van der Waals surface area contributed by atoms with Crippen LogP contribution in [0.25, 0.3) is 0 Å². The summed E-state index contributed by atoms with van der Waals surface area (Å²) in [4.78, 5) is 14.8. The Morgan fingerprint density at radius 1 is 1.64 bits per heavy atom. The maximum absolute atomic E-state index is 10.4. The van der Waals surface area contributed by atoms with Gasteiger partial charge in [0, 0.05) is 23.3 Å². The van der Waals surface area contributed by atoms with Crippen LogP contribution in [-0.2, 0) is 6.54 Å². The van der Waals surface area contributed by atoms with Crippen molar-refractivity contribution in [1.29, 1.82) is 0 Å². The van der Waals surface area contributed by atoms with Crippen molar-refractivity contribution < 1.29 is 4.79 Å². The molecular weight excluding hydrogens is 196 g/mol. The second kappa shape index (κ2) is 3.75. The van der Waals surface area contributed by atoms with E-state index in [4.69, 9.17) is 0 Å². The van der Waals surface area contributed by atoms with Gasteiger partial charge in [-0.05, 0) is 13.0 Å². The van der Waals surface area contributed by atoms with Gasteiger partial charge >= 0.3 is 0 Å². The molecule has 0 N–H and O–H groups in total. The average Bonchev–Trinajstić information content (AvgIpc) is 2.76. The minimum Gasteiger partial charge on any atom is -0.348 e. The van der Waals surface area contributed by atoms with Crippen molar-refractivity contribution in [1.82, 2.24) is 9.55 Å². The lowest BCUT2D eigenvalue weighted by atomic mass is 10.4. The molecule has 0 unspecified atom stereocenters. The number of aldehydes is 1. The normalized spacial score (nSPS) is 10.4. The number of hydrogen-bond acceptors (Lipinski definition) is 3. The molecule has 0 aliphatic heterocycles. The lowest BCUT2D eigenvalue weighted by Crippen LogP contribution is -1.96. The summed E-state index contributed by atoms with van der Waals surface area (Å²) in [5.74, 6) is 0. The topological polar surface area (TPSA) is 34.9 Å². The van der Waals surface area contributed by atoms with E-state index in [2.05, 4.69) is 4.98 Å². The zero-order valence-electron chi connectivity index (χ0n) is 7.80. The molecule has 2 heterocycles. The van der Waals surface area contributed by atoms with E-state index in [0.29, 0.717) is 5.56 Å². The van der Waals surface area contributed by atoms with Crippen LogP contribution in [0.2, 0.25) is 0 Å². The summed E-state index contributed by atoms with van der Waals surface area (Å²) in [5, 5.41) is 3.11. The van der Waals surface area contributed by atoms with E-state index >= 15 is 0 Å². The number of nitrogens with zero attached hydrogens (tertiary/aromatic N) is 2. The fourth-order valence-electron chi connectivity index (χ4n) is 1.30. The molecular formula is C10H10N2OS. The average molecular weight is 206 g/mol. The fourth-order valence-corrected chi connectivity index (χ4v) is 1.90. The van der Waals surface area contributed by atoms with Crippen molar-refractivity contribution in [3.05, 3.63) is 40.1 Å². The maximum Gasteiger partial charge on any atom is 0.151 e. The molecule has 0 spiro atoms. The minimum atomic E-state index is 0.706. The Hall–Kier alpha value is -1.42. The first kappa shape index (κ1) is 9.15. The highest BCUT2D eigenvalue weighted by atomic mass is 32.1. The lowest BCUT2D eigenvalue weighted by Gasteiger charge is -1.97. The Morgan fingerprint density at radius 2 is 2.50 bits per heavy atom. The molecule has 0 bridgehead atoms. The molecule has 2 aromatic rings. The van der Waals surface area contributed by atoms with Gasteiger partial charge in [0.25, 0.3) is 0 Å². The number of aryl methyl sites for hydroxylation is 1. The van der Waals surface area contributed by atoms with Gasteiger partial charge in [-0.3, -0.25) is 4.79 Å². The van der Waals surface area contributed by atoms with Gasteiger partial charge in [-0.2, -0.15) is 0 Å². The SMILES string of the molecule is Cc1nc(Cn2ccc(C=O)c2)cs1. The van der Waals surface area contributed by atoms with Crippen LogP contribution in [0.3, 0.4) is 0 Å². The van der Waals surface area contributed by atoms with Gasteiger partial charge in [0.2, 0.25) is 0 Å². The predicted octanol–water partition coefficient (Wildman–Crippen LogP) is 2.11. The van der Waals surface area contributed by atoms with E-state index in [0.717, 1.165) is 23.5 Å². The van der Waals surface area contributed by atoms with Crippen LogP contribution in [0.4, 0.5) is 0 Å². The molecule has 4 heteroatoms. The van der Waals surface area contributed by atoms with Gasteiger partial charge in [0.15, 0.2) is 6.29 Å². The lowest BCUT2D eigenvalue weighted by molar-refractivity contribution is 0.112. The molecule has 2 aromatic heterocycles. The first-order valence-electron chi connectivity index (χ1n) is 4.30. The molecule has 0 amide bonds. The van der Waals surface area contributed by atoms with Crippen LogP contribution in [0.1, 0.15) is 21.1 Å². The van der Waals surface area contributed by atoms with Crippen LogP contribution in [0, 0.1) is 6.92 Å². The predicted molar refractivity (Wildman–Crippen MR) is 55.8 cm³/mol. The van der Waals surface area contributed by atoms with Crippen molar-refractivity contribution >= 4 is 17.6 Å². The quantitative estimate of drug-likeness (QED) is 0.721. The van der Waals surface area contributed by atoms with Gasteiger partial charge < -0.3 is 4.57 Å². The van der Waals surface area contributed by atoms with E-state index in [-0.39, 0.29) is 0 Å². The Labute approximate surface area is 86.0 Å². The third-order valence-corrected chi connectivity index (χ3v) is 2.74. The highest BCUT2D eigenvalue weighted by molar-refractivity contribution is 7.09. The van der Waals surface area contributed by atoms with Gasteiger partial charge in [0.1, 0.15) is 0 Å². The summed E-state index contributed by atoms with van der Waals surface area (Å²) >= 11 is 1.64. The van der Waals surface area contributed by atoms with Gasteiger partial charge in [-0.1, -0.05) is 0 Å². The van der Waals surface area contributed by atoms with Crippen LogP contribution in [0.5, 0.6) is 0 Å². The molecule has 0 atom stereocenters. The standard InChI is InChI=1S/C10H10N2OS/c1-8-11-10(7-14-8)5-12-3-2-9(4-12)6-13/h2-4,6-7H,5H2,1H3. The number of aromatic nitrogens is 2. The van der Waals surface area contributed by atoms with E-state index in [1.54, 1.807) is 17.4 Å². The fraction of sp³-hybridized carbons (Fsp3) is 0.200. The zero-order valence-corrected chi connectivity index (χ0v) is 8.62. The number of carbonyl (C=O) groups excluding carboxylic acids is 1. The molecule has 2 rings (SSSR count). The number of thiazole rings is 1. The Morgan fingerprint density at radius 3 is 3.07 bits per heavy atom. The van der Waals surface area contributed by atoms with Crippen molar-refractivity contribution in [3.8, 4) is 0 Å². The van der Waals surface area contributed by atoms with Crippen LogP contribution in [0.15, 0.2) is 23.8 Å². The molecule has 0 aromatic carbocycles. The van der Waals surface area contributed by atoms with Crippen LogP contribution >= 0.6 is 11.3 Å². The largest absolute Gasteiger partial charge is 0.348 e. The second-order valence-corrected chi connectivity index (χ2v) is 4.16. The Kier molecular flexibility index (Phi) is 2.45. The third kappa shape index (κ3) is 1.90. The van der Waals surface area contributed by atoms with Crippen LogP contribution in [-0.4, -0.2) is 15.8 Å². The van der Waals surface area contributed by atoms with Crippen molar-refractivity contribution in [3.63, 3.8) is 0 Å². The van der Waals surface area contributed by atoms with E-state index in [9.17, 15) is 4.79 Å². The first-order valence-corrected chi connectivity index (χ1v) is 5.18. The van der Waals surface area contributed by atoms with Crippen molar-refractivity contribution in [2.75, 3.05) is 0 Å². The number of rotatable bonds is 3. The monoisotopic (exact) mass is 206 g/mol. The Bertz CT molecular complexity index is 444. The molecule has 0 aliphatic carbocycles. The second-order valence-electron chi connectivity index (χ2n) is 3.09. The highest BCUT2D eigenvalue weighted by Crippen LogP contribution is 2.10. The van der Waals surface area contributed by atoms with E-state index in [1.165, 1.54) is 0 Å². The van der Waals surface area contributed by atoms with E-state index < -0.39 is 0 Å². The van der Waals surface area contributed by atoms with Crippen molar-refractivity contribution in [2.24, 2.45) is 0 Å². The zero-order chi connectivity index (χ0) is 9.97. The van der Waals surface area contributed by atoms with Gasteiger partial charge in [-0.25, -0.2) is 4.98 Å². The molecule has 0 radical (unpaired) electrons. The summed E-state index contributed by atoms with van der Waals surface area (Å²) in [6.45, 7) is 2.72. The molecule has 3 nitrogen and oxygen atoms in total. The third-order valence-electron chi connectivity index (χ3n) is 1.92. The van der Waals surface area contributed by atoms with Crippen LogP contribution < -0.4 is 0 Å². The van der Waals surface area contributed by atoms with Gasteiger partial charge in [-0.15, -0.1) is 11.3 Å². The summed E-state index contributed by atoms with van der Waals surface area (Å²) in [6, 6.07) is 1.80. The number of hydrogen-bond donors (Lipinski definition) is 0. The summed E-state index contributed by atoms with van der Waals surface area (Å²) in [7, 11) is 0. The minimum absolute atomic E-state index is 0.706.